The molecule has 0 radical (unpaired) electrons. The number of aromatic hydroxyl groups is 1. The molecular formula is C9H7IN4O2. The minimum Gasteiger partial charge on any atom is -0.507 e. The van der Waals surface area contributed by atoms with Gasteiger partial charge in [-0.15, -0.1) is 5.10 Å². The highest BCUT2D eigenvalue weighted by Crippen LogP contribution is 2.19. The summed E-state index contributed by atoms with van der Waals surface area (Å²) in [6.45, 7) is 0. The minimum atomic E-state index is -0.466. The monoisotopic (exact) mass is 330 g/mol. The maximum atomic E-state index is 11.9. The van der Waals surface area contributed by atoms with Gasteiger partial charge in [0.05, 0.1) is 5.56 Å². The summed E-state index contributed by atoms with van der Waals surface area (Å²) in [6, 6.07) is 6.22. The number of anilines is 1. The van der Waals surface area contributed by atoms with Crippen molar-refractivity contribution in [2.75, 3.05) is 5.73 Å². The Balaban J connectivity index is 2.48. The fraction of sp³-hybridized carbons (Fsp3) is 0. The maximum Gasteiger partial charge on any atom is 0.284 e. The number of nitrogens with two attached hydrogens (primary N) is 1. The van der Waals surface area contributed by atoms with Gasteiger partial charge in [0.15, 0.2) is 9.52 Å². The van der Waals surface area contributed by atoms with Crippen LogP contribution in [0.4, 0.5) is 5.82 Å². The van der Waals surface area contributed by atoms with E-state index in [0.29, 0.717) is 3.70 Å². The summed E-state index contributed by atoms with van der Waals surface area (Å²) >= 11 is 1.86. The van der Waals surface area contributed by atoms with Crippen molar-refractivity contribution in [3.8, 4) is 5.75 Å². The molecule has 1 heterocycles. The van der Waals surface area contributed by atoms with Crippen molar-refractivity contribution >= 4 is 34.3 Å². The average Bonchev–Trinajstić information content (AvgIpc) is 2.60. The standard InChI is InChI=1S/C9H7IN4O2/c10-7-8(11)12-13-14(7)9(16)5-3-1-2-4-6(5)15/h1-4,15H,11H2. The smallest absolute Gasteiger partial charge is 0.284 e. The van der Waals surface area contributed by atoms with Gasteiger partial charge in [-0.3, -0.25) is 4.79 Å². The van der Waals surface area contributed by atoms with Crippen LogP contribution in [0.25, 0.3) is 0 Å². The van der Waals surface area contributed by atoms with Crippen LogP contribution in [0.3, 0.4) is 0 Å². The SMILES string of the molecule is Nc1nnn(C(=O)c2ccccc2O)c1I. The molecule has 6 nitrogen and oxygen atoms in total. The van der Waals surface area contributed by atoms with Gasteiger partial charge in [-0.1, -0.05) is 17.3 Å². The molecule has 0 atom stereocenters. The molecule has 16 heavy (non-hydrogen) atoms. The first-order valence-electron chi connectivity index (χ1n) is 4.30. The number of aromatic nitrogens is 3. The van der Waals surface area contributed by atoms with Crippen LogP contribution in [0.15, 0.2) is 24.3 Å². The van der Waals surface area contributed by atoms with Gasteiger partial charge in [0.2, 0.25) is 0 Å². The Bertz CT molecular complexity index is 552. The number of halogens is 1. The molecule has 0 fully saturated rings. The van der Waals surface area contributed by atoms with E-state index in [2.05, 4.69) is 10.3 Å². The molecule has 82 valence electrons. The molecule has 0 amide bonds. The lowest BCUT2D eigenvalue weighted by atomic mass is 10.2. The van der Waals surface area contributed by atoms with E-state index in [1.807, 2.05) is 22.6 Å². The second-order valence-electron chi connectivity index (χ2n) is 3.00. The molecule has 0 saturated carbocycles. The van der Waals surface area contributed by atoms with Gasteiger partial charge >= 0.3 is 0 Å². The van der Waals surface area contributed by atoms with Crippen LogP contribution >= 0.6 is 22.6 Å². The van der Waals surface area contributed by atoms with Crippen LogP contribution < -0.4 is 5.73 Å². The first kappa shape index (κ1) is 10.9. The van der Waals surface area contributed by atoms with E-state index in [4.69, 9.17) is 5.73 Å². The first-order valence-corrected chi connectivity index (χ1v) is 5.38. The molecule has 1 aromatic carbocycles. The summed E-state index contributed by atoms with van der Waals surface area (Å²) in [5.74, 6) is -0.381. The second kappa shape index (κ2) is 4.08. The number of carbonyl (C=O) groups excluding carboxylic acids is 1. The molecule has 0 spiro atoms. The summed E-state index contributed by atoms with van der Waals surface area (Å²) < 4.78 is 1.47. The summed E-state index contributed by atoms with van der Waals surface area (Å²) in [7, 11) is 0. The Hall–Kier alpha value is -1.64. The van der Waals surface area contributed by atoms with Crippen molar-refractivity contribution < 1.29 is 9.90 Å². The Morgan fingerprint density at radius 3 is 2.69 bits per heavy atom. The minimum absolute atomic E-state index is 0.0997. The highest BCUT2D eigenvalue weighted by molar-refractivity contribution is 14.1. The first-order chi connectivity index (χ1) is 7.61. The number of nitrogens with zero attached hydrogens (tertiary/aromatic N) is 3. The lowest BCUT2D eigenvalue weighted by Crippen LogP contribution is -2.15. The maximum absolute atomic E-state index is 11.9. The van der Waals surface area contributed by atoms with Gasteiger partial charge in [-0.2, -0.15) is 4.68 Å². The summed E-state index contributed by atoms with van der Waals surface area (Å²) in [5.41, 5.74) is 5.64. The van der Waals surface area contributed by atoms with Gasteiger partial charge in [0, 0.05) is 0 Å². The molecule has 7 heteroatoms. The molecule has 0 aliphatic rings. The van der Waals surface area contributed by atoms with Crippen LogP contribution in [0, 0.1) is 3.70 Å². The molecule has 2 rings (SSSR count). The number of rotatable bonds is 1. The van der Waals surface area contributed by atoms with E-state index in [0.717, 1.165) is 4.68 Å². The number of hydrogen-bond acceptors (Lipinski definition) is 5. The van der Waals surface area contributed by atoms with Crippen LogP contribution in [0.5, 0.6) is 5.75 Å². The Morgan fingerprint density at radius 1 is 1.44 bits per heavy atom. The normalized spacial score (nSPS) is 10.3. The molecule has 2 aromatic rings. The predicted octanol–water partition coefficient (Wildman–Crippen LogP) is 0.859. The van der Waals surface area contributed by atoms with Crippen molar-refractivity contribution in [1.82, 2.24) is 15.0 Å². The lowest BCUT2D eigenvalue weighted by Gasteiger charge is -2.02. The summed E-state index contributed by atoms with van der Waals surface area (Å²) in [6.07, 6.45) is 0. The molecular weight excluding hydrogens is 323 g/mol. The third kappa shape index (κ3) is 1.73. The third-order valence-electron chi connectivity index (χ3n) is 1.97. The van der Waals surface area contributed by atoms with E-state index >= 15 is 0 Å². The number of nitrogen functional groups attached to an aromatic ring is 1. The van der Waals surface area contributed by atoms with Crippen molar-refractivity contribution in [3.63, 3.8) is 0 Å². The van der Waals surface area contributed by atoms with E-state index in [1.165, 1.54) is 12.1 Å². The molecule has 0 unspecified atom stereocenters. The Kier molecular flexibility index (Phi) is 2.77. The zero-order chi connectivity index (χ0) is 11.7. The van der Waals surface area contributed by atoms with E-state index in [1.54, 1.807) is 12.1 Å². The quantitative estimate of drug-likeness (QED) is 0.757. The zero-order valence-electron chi connectivity index (χ0n) is 7.96. The highest BCUT2D eigenvalue weighted by atomic mass is 127. The summed E-state index contributed by atoms with van der Waals surface area (Å²) in [4.78, 5) is 11.9. The van der Waals surface area contributed by atoms with E-state index in [9.17, 15) is 9.90 Å². The molecule has 0 saturated heterocycles. The zero-order valence-corrected chi connectivity index (χ0v) is 10.1. The fourth-order valence-corrected chi connectivity index (χ4v) is 1.60. The highest BCUT2D eigenvalue weighted by Gasteiger charge is 2.18. The summed E-state index contributed by atoms with van der Waals surface area (Å²) in [5, 5.41) is 16.7. The number of phenols is 1. The average molecular weight is 330 g/mol. The van der Waals surface area contributed by atoms with E-state index in [-0.39, 0.29) is 17.1 Å². The van der Waals surface area contributed by atoms with Gasteiger partial charge in [0.1, 0.15) is 5.75 Å². The number of carbonyl (C=O) groups is 1. The topological polar surface area (TPSA) is 94.0 Å². The van der Waals surface area contributed by atoms with Gasteiger partial charge < -0.3 is 10.8 Å². The largest absolute Gasteiger partial charge is 0.507 e. The van der Waals surface area contributed by atoms with Crippen molar-refractivity contribution in [2.45, 2.75) is 0 Å². The van der Waals surface area contributed by atoms with Gasteiger partial charge in [-0.05, 0) is 34.7 Å². The second-order valence-corrected chi connectivity index (χ2v) is 4.02. The Morgan fingerprint density at radius 2 is 2.12 bits per heavy atom. The third-order valence-corrected chi connectivity index (χ3v) is 2.98. The number of para-hydroxylation sites is 1. The van der Waals surface area contributed by atoms with Gasteiger partial charge in [0.25, 0.3) is 5.91 Å². The van der Waals surface area contributed by atoms with Crippen molar-refractivity contribution in [2.24, 2.45) is 0 Å². The number of hydrogen-bond donors (Lipinski definition) is 2. The number of phenolic OH excluding ortho intramolecular Hbond substituents is 1. The van der Waals surface area contributed by atoms with E-state index < -0.39 is 5.91 Å². The molecule has 0 bridgehead atoms. The fourth-order valence-electron chi connectivity index (χ4n) is 1.18. The van der Waals surface area contributed by atoms with Crippen LogP contribution in [0.1, 0.15) is 10.4 Å². The lowest BCUT2D eigenvalue weighted by molar-refractivity contribution is 0.0937. The molecule has 0 aliphatic heterocycles. The van der Waals surface area contributed by atoms with Crippen LogP contribution in [0.2, 0.25) is 0 Å². The predicted molar refractivity (Wildman–Crippen MR) is 65.0 cm³/mol. The van der Waals surface area contributed by atoms with Crippen LogP contribution in [-0.4, -0.2) is 26.0 Å². The Labute approximate surface area is 104 Å². The molecule has 3 N–H and O–H groups in total. The van der Waals surface area contributed by atoms with Crippen molar-refractivity contribution in [3.05, 3.63) is 33.5 Å². The number of benzene rings is 1. The van der Waals surface area contributed by atoms with Gasteiger partial charge in [-0.25, -0.2) is 0 Å². The molecule has 1 aromatic heterocycles. The van der Waals surface area contributed by atoms with Crippen LogP contribution in [-0.2, 0) is 0 Å². The molecule has 0 aliphatic carbocycles. The van der Waals surface area contributed by atoms with Crippen molar-refractivity contribution in [1.29, 1.82) is 0 Å².